The normalized spacial score (nSPS) is 13.8. The van der Waals surface area contributed by atoms with Crippen LogP contribution >= 0.6 is 12.4 Å². The zero-order valence-corrected chi connectivity index (χ0v) is 11.5. The van der Waals surface area contributed by atoms with E-state index in [0.717, 1.165) is 13.1 Å². The molecule has 1 aliphatic rings. The molecule has 0 unspecified atom stereocenters. The molecular weight excluding hydrogens is 286 g/mol. The smallest absolute Gasteiger partial charge is 0.310 e. The number of nitrogens with zero attached hydrogens (tertiary/aromatic N) is 1. The van der Waals surface area contributed by atoms with E-state index in [1.165, 1.54) is 12.1 Å². The van der Waals surface area contributed by atoms with Crippen LogP contribution in [0.25, 0.3) is 0 Å². The van der Waals surface area contributed by atoms with E-state index in [2.05, 4.69) is 10.6 Å². The molecule has 20 heavy (non-hydrogen) atoms. The minimum absolute atomic E-state index is 0. The molecule has 2 N–H and O–H groups in total. The zero-order chi connectivity index (χ0) is 13.7. The number of rotatable bonds is 6. The molecule has 0 aromatic heterocycles. The van der Waals surface area contributed by atoms with Gasteiger partial charge < -0.3 is 15.4 Å². The molecule has 8 heteroatoms. The lowest BCUT2D eigenvalue weighted by molar-refractivity contribution is -0.385. The molecule has 0 bridgehead atoms. The number of amides is 1. The quantitative estimate of drug-likeness (QED) is 0.597. The van der Waals surface area contributed by atoms with Crippen LogP contribution in [0, 0.1) is 16.0 Å². The Bertz CT molecular complexity index is 480. The molecule has 110 valence electrons. The molecule has 1 aromatic rings. The van der Waals surface area contributed by atoms with Crippen molar-refractivity contribution in [3.8, 4) is 5.75 Å². The number of hydrogen-bond donors (Lipinski definition) is 2. The van der Waals surface area contributed by atoms with E-state index in [9.17, 15) is 14.9 Å². The number of carbonyl (C=O) groups excluding carboxylic acids is 1. The van der Waals surface area contributed by atoms with E-state index in [0.29, 0.717) is 12.5 Å². The molecule has 1 fully saturated rings. The second-order valence-electron chi connectivity index (χ2n) is 4.34. The van der Waals surface area contributed by atoms with E-state index < -0.39 is 4.92 Å². The number of halogens is 1. The lowest BCUT2D eigenvalue weighted by atomic mass is 10.0. The highest BCUT2D eigenvalue weighted by Crippen LogP contribution is 2.25. The second-order valence-corrected chi connectivity index (χ2v) is 4.34. The predicted octanol–water partition coefficient (Wildman–Crippen LogP) is 0.731. The molecule has 0 saturated carbocycles. The summed E-state index contributed by atoms with van der Waals surface area (Å²) in [5.74, 6) is 0.299. The Morgan fingerprint density at radius 2 is 2.15 bits per heavy atom. The lowest BCUT2D eigenvalue weighted by Gasteiger charge is -2.27. The van der Waals surface area contributed by atoms with Crippen LogP contribution in [0.15, 0.2) is 24.3 Å². The van der Waals surface area contributed by atoms with Gasteiger partial charge in [0.2, 0.25) is 0 Å². The van der Waals surface area contributed by atoms with Gasteiger partial charge in [0.25, 0.3) is 5.91 Å². The Morgan fingerprint density at radius 1 is 1.45 bits per heavy atom. The van der Waals surface area contributed by atoms with Crippen molar-refractivity contribution in [1.29, 1.82) is 0 Å². The summed E-state index contributed by atoms with van der Waals surface area (Å²) in [5.41, 5.74) is -0.140. The molecule has 0 aliphatic carbocycles. The number of nitro benzene ring substituents is 1. The number of benzene rings is 1. The highest BCUT2D eigenvalue weighted by atomic mass is 35.5. The number of hydrogen-bond acceptors (Lipinski definition) is 5. The average Bonchev–Trinajstić information content (AvgIpc) is 2.34. The van der Waals surface area contributed by atoms with Gasteiger partial charge in [0, 0.05) is 31.6 Å². The summed E-state index contributed by atoms with van der Waals surface area (Å²) in [6.45, 7) is 2.20. The Labute approximate surface area is 122 Å². The molecule has 0 radical (unpaired) electrons. The maximum Gasteiger partial charge on any atom is 0.310 e. The number of para-hydroxylation sites is 2. The third kappa shape index (κ3) is 4.36. The van der Waals surface area contributed by atoms with Crippen LogP contribution in [0.4, 0.5) is 5.69 Å². The fourth-order valence-corrected chi connectivity index (χ4v) is 1.68. The van der Waals surface area contributed by atoms with Crippen LogP contribution in [0.1, 0.15) is 0 Å². The molecule has 1 amide bonds. The molecule has 2 rings (SSSR count). The van der Waals surface area contributed by atoms with Gasteiger partial charge in [0.15, 0.2) is 12.4 Å². The average molecular weight is 302 g/mol. The highest BCUT2D eigenvalue weighted by Gasteiger charge is 2.18. The van der Waals surface area contributed by atoms with E-state index in [-0.39, 0.29) is 36.4 Å². The Kier molecular flexibility index (Phi) is 6.20. The maximum absolute atomic E-state index is 11.5. The lowest BCUT2D eigenvalue weighted by Crippen LogP contribution is -2.48. The number of carbonyl (C=O) groups is 1. The Morgan fingerprint density at radius 3 is 2.75 bits per heavy atom. The molecule has 7 nitrogen and oxygen atoms in total. The van der Waals surface area contributed by atoms with Gasteiger partial charge in [-0.15, -0.1) is 12.4 Å². The maximum atomic E-state index is 11.5. The van der Waals surface area contributed by atoms with E-state index in [1.54, 1.807) is 12.1 Å². The first kappa shape index (κ1) is 16.2. The first-order valence-corrected chi connectivity index (χ1v) is 6.00. The van der Waals surface area contributed by atoms with Gasteiger partial charge in [0.05, 0.1) is 4.92 Å². The molecule has 1 saturated heterocycles. The number of ether oxygens (including phenoxy) is 1. The summed E-state index contributed by atoms with van der Waals surface area (Å²) in [6, 6.07) is 5.99. The van der Waals surface area contributed by atoms with Gasteiger partial charge in [-0.1, -0.05) is 12.1 Å². The molecule has 1 heterocycles. The SMILES string of the molecule is Cl.O=C(COc1ccccc1[N+](=O)[O-])NCC1CNC1. The second kappa shape index (κ2) is 7.66. The van der Waals surface area contributed by atoms with Crippen molar-refractivity contribution in [1.82, 2.24) is 10.6 Å². The number of nitro groups is 1. The van der Waals surface area contributed by atoms with Crippen LogP contribution in [0.2, 0.25) is 0 Å². The summed E-state index contributed by atoms with van der Waals surface area (Å²) in [7, 11) is 0. The van der Waals surface area contributed by atoms with Crippen LogP contribution in [0.3, 0.4) is 0 Å². The van der Waals surface area contributed by atoms with Gasteiger partial charge in [-0.25, -0.2) is 0 Å². The van der Waals surface area contributed by atoms with Crippen molar-refractivity contribution >= 4 is 24.0 Å². The monoisotopic (exact) mass is 301 g/mol. The highest BCUT2D eigenvalue weighted by molar-refractivity contribution is 5.85. The summed E-state index contributed by atoms with van der Waals surface area (Å²) < 4.78 is 5.17. The van der Waals surface area contributed by atoms with Gasteiger partial charge >= 0.3 is 5.69 Å². The first-order chi connectivity index (χ1) is 9.16. The van der Waals surface area contributed by atoms with Crippen molar-refractivity contribution in [2.24, 2.45) is 5.92 Å². The Balaban J connectivity index is 0.00000200. The molecular formula is C12H16ClN3O4. The van der Waals surface area contributed by atoms with Crippen LogP contribution in [0.5, 0.6) is 5.75 Å². The first-order valence-electron chi connectivity index (χ1n) is 6.00. The zero-order valence-electron chi connectivity index (χ0n) is 10.7. The van der Waals surface area contributed by atoms with Gasteiger partial charge in [-0.2, -0.15) is 0 Å². The van der Waals surface area contributed by atoms with Crippen LogP contribution in [-0.2, 0) is 4.79 Å². The van der Waals surface area contributed by atoms with Crippen molar-refractivity contribution < 1.29 is 14.5 Å². The molecule has 0 atom stereocenters. The van der Waals surface area contributed by atoms with Gasteiger partial charge in [-0.05, 0) is 6.07 Å². The van der Waals surface area contributed by atoms with Gasteiger partial charge in [0.1, 0.15) is 0 Å². The summed E-state index contributed by atoms with van der Waals surface area (Å²) >= 11 is 0. The van der Waals surface area contributed by atoms with Crippen molar-refractivity contribution in [2.45, 2.75) is 0 Å². The molecule has 1 aliphatic heterocycles. The van der Waals surface area contributed by atoms with Crippen LogP contribution in [-0.4, -0.2) is 37.1 Å². The summed E-state index contributed by atoms with van der Waals surface area (Å²) in [5, 5.41) is 16.6. The fourth-order valence-electron chi connectivity index (χ4n) is 1.68. The fraction of sp³-hybridized carbons (Fsp3) is 0.417. The van der Waals surface area contributed by atoms with E-state index in [4.69, 9.17) is 4.74 Å². The molecule has 0 spiro atoms. The topological polar surface area (TPSA) is 93.5 Å². The van der Waals surface area contributed by atoms with E-state index >= 15 is 0 Å². The summed E-state index contributed by atoms with van der Waals surface area (Å²) in [4.78, 5) is 21.7. The standard InChI is InChI=1S/C12H15N3O4.ClH/c16-12(14-7-9-5-13-6-9)8-19-11-4-2-1-3-10(11)15(17)18;/h1-4,9,13H,5-8H2,(H,14,16);1H. The van der Waals surface area contributed by atoms with Crippen molar-refractivity contribution in [3.05, 3.63) is 34.4 Å². The van der Waals surface area contributed by atoms with Gasteiger partial charge in [-0.3, -0.25) is 14.9 Å². The van der Waals surface area contributed by atoms with Crippen molar-refractivity contribution in [3.63, 3.8) is 0 Å². The minimum Gasteiger partial charge on any atom is -0.477 e. The Hall–Kier alpha value is -1.86. The predicted molar refractivity (Wildman–Crippen MR) is 75.2 cm³/mol. The third-order valence-electron chi connectivity index (χ3n) is 2.87. The number of nitrogens with one attached hydrogen (secondary N) is 2. The third-order valence-corrected chi connectivity index (χ3v) is 2.87. The molecule has 1 aromatic carbocycles. The van der Waals surface area contributed by atoms with E-state index in [1.807, 2.05) is 0 Å². The largest absolute Gasteiger partial charge is 0.477 e. The van der Waals surface area contributed by atoms with Crippen molar-refractivity contribution in [2.75, 3.05) is 26.2 Å². The summed E-state index contributed by atoms with van der Waals surface area (Å²) in [6.07, 6.45) is 0. The van der Waals surface area contributed by atoms with Crippen LogP contribution < -0.4 is 15.4 Å². The minimum atomic E-state index is -0.534.